The fraction of sp³-hybridized carbons (Fsp3) is 0.0667. The predicted octanol–water partition coefficient (Wildman–Crippen LogP) is 3.17. The lowest BCUT2D eigenvalue weighted by Gasteiger charge is -1.98. The van der Waals surface area contributed by atoms with Crippen LogP contribution in [-0.4, -0.2) is 16.6 Å². The largest absolute Gasteiger partial charge is 0.456 e. The van der Waals surface area contributed by atoms with E-state index < -0.39 is 10.9 Å². The van der Waals surface area contributed by atoms with Gasteiger partial charge < -0.3 is 9.25 Å². The normalized spacial score (nSPS) is 15.8. The van der Waals surface area contributed by atoms with Gasteiger partial charge in [0.25, 0.3) is 5.69 Å². The summed E-state index contributed by atoms with van der Waals surface area (Å²) < 4.78 is 5.58. The molecule has 0 aliphatic carbocycles. The van der Waals surface area contributed by atoms with E-state index in [1.807, 2.05) is 0 Å². The van der Waals surface area contributed by atoms with Crippen molar-refractivity contribution in [2.24, 2.45) is 5.16 Å². The Kier molecular flexibility index (Phi) is 3.30. The van der Waals surface area contributed by atoms with Gasteiger partial charge in [0.2, 0.25) is 0 Å². The molecule has 22 heavy (non-hydrogen) atoms. The molecule has 0 atom stereocenters. The zero-order valence-corrected chi connectivity index (χ0v) is 11.5. The maximum absolute atomic E-state index is 11.5. The standard InChI is InChI=1S/C15H10N2O5/c1-9-12(15(18)22-16-9)8-10-6-7-14(21-10)11-4-2-3-5-13(11)17(19)20/h2-8H,1H3/b12-8-. The van der Waals surface area contributed by atoms with Crippen molar-refractivity contribution in [2.45, 2.75) is 6.92 Å². The average molecular weight is 298 g/mol. The Hall–Kier alpha value is -3.22. The molecule has 0 spiro atoms. The van der Waals surface area contributed by atoms with Gasteiger partial charge in [-0.2, -0.15) is 0 Å². The minimum atomic E-state index is -0.554. The number of oxime groups is 1. The fourth-order valence-electron chi connectivity index (χ4n) is 2.08. The second kappa shape index (κ2) is 5.28. The number of para-hydroxylation sites is 1. The van der Waals surface area contributed by atoms with Crippen molar-refractivity contribution >= 4 is 23.4 Å². The molecule has 0 bridgehead atoms. The van der Waals surface area contributed by atoms with Crippen LogP contribution in [0.25, 0.3) is 17.4 Å². The molecule has 1 aromatic heterocycles. The first-order chi connectivity index (χ1) is 10.6. The monoisotopic (exact) mass is 298 g/mol. The molecule has 0 radical (unpaired) electrons. The Morgan fingerprint density at radius 1 is 1.23 bits per heavy atom. The number of furan rings is 1. The number of nitrogens with zero attached hydrogens (tertiary/aromatic N) is 2. The second-order valence-electron chi connectivity index (χ2n) is 4.59. The number of hydrogen-bond donors (Lipinski definition) is 0. The Balaban J connectivity index is 1.99. The topological polar surface area (TPSA) is 94.9 Å². The second-order valence-corrected chi connectivity index (χ2v) is 4.59. The van der Waals surface area contributed by atoms with Gasteiger partial charge in [0.1, 0.15) is 11.5 Å². The maximum Gasteiger partial charge on any atom is 0.367 e. The molecule has 0 saturated carbocycles. The van der Waals surface area contributed by atoms with E-state index in [-0.39, 0.29) is 5.69 Å². The summed E-state index contributed by atoms with van der Waals surface area (Å²) in [5.41, 5.74) is 1.07. The van der Waals surface area contributed by atoms with E-state index in [0.717, 1.165) is 0 Å². The third-order valence-electron chi connectivity index (χ3n) is 3.15. The van der Waals surface area contributed by atoms with Crippen LogP contribution in [0.3, 0.4) is 0 Å². The van der Waals surface area contributed by atoms with Gasteiger partial charge in [-0.25, -0.2) is 4.79 Å². The highest BCUT2D eigenvalue weighted by Crippen LogP contribution is 2.31. The number of benzene rings is 1. The van der Waals surface area contributed by atoms with Crippen LogP contribution in [0.1, 0.15) is 12.7 Å². The molecule has 0 fully saturated rings. The number of hydrogen-bond acceptors (Lipinski definition) is 6. The summed E-state index contributed by atoms with van der Waals surface area (Å²) in [6.45, 7) is 1.64. The van der Waals surface area contributed by atoms with Crippen LogP contribution in [0.4, 0.5) is 5.69 Å². The summed E-state index contributed by atoms with van der Waals surface area (Å²) in [6, 6.07) is 9.51. The van der Waals surface area contributed by atoms with Crippen molar-refractivity contribution in [3.63, 3.8) is 0 Å². The molecule has 1 aromatic carbocycles. The predicted molar refractivity (Wildman–Crippen MR) is 78.0 cm³/mol. The lowest BCUT2D eigenvalue weighted by atomic mass is 10.1. The van der Waals surface area contributed by atoms with E-state index in [0.29, 0.717) is 28.4 Å². The number of rotatable bonds is 3. The molecular formula is C15H10N2O5. The minimum absolute atomic E-state index is 0.0472. The van der Waals surface area contributed by atoms with Crippen molar-refractivity contribution < 1.29 is 19.0 Å². The van der Waals surface area contributed by atoms with Crippen molar-refractivity contribution in [3.8, 4) is 11.3 Å². The first kappa shape index (κ1) is 13.7. The third-order valence-corrected chi connectivity index (χ3v) is 3.15. The molecule has 2 aromatic rings. The zero-order valence-electron chi connectivity index (χ0n) is 11.5. The molecule has 1 aliphatic rings. The summed E-state index contributed by atoms with van der Waals surface area (Å²) in [4.78, 5) is 26.6. The number of nitro benzene ring substituents is 1. The Labute approximate surface area is 124 Å². The highest BCUT2D eigenvalue weighted by Gasteiger charge is 2.23. The summed E-state index contributed by atoms with van der Waals surface area (Å²) in [5.74, 6) is 0.179. The summed E-state index contributed by atoms with van der Waals surface area (Å²) in [7, 11) is 0. The van der Waals surface area contributed by atoms with Gasteiger partial charge in [-0.15, -0.1) is 0 Å². The smallest absolute Gasteiger partial charge is 0.367 e. The summed E-state index contributed by atoms with van der Waals surface area (Å²) >= 11 is 0. The van der Waals surface area contributed by atoms with Crippen LogP contribution in [0.2, 0.25) is 0 Å². The van der Waals surface area contributed by atoms with E-state index in [1.54, 1.807) is 37.3 Å². The molecule has 7 heteroatoms. The van der Waals surface area contributed by atoms with E-state index >= 15 is 0 Å². The van der Waals surface area contributed by atoms with Crippen LogP contribution in [0, 0.1) is 10.1 Å². The van der Waals surface area contributed by atoms with Crippen LogP contribution in [0.5, 0.6) is 0 Å². The quantitative estimate of drug-likeness (QED) is 0.375. The maximum atomic E-state index is 11.5. The molecule has 1 aliphatic heterocycles. The van der Waals surface area contributed by atoms with Crippen LogP contribution in [-0.2, 0) is 9.63 Å². The van der Waals surface area contributed by atoms with Gasteiger partial charge in [-0.3, -0.25) is 10.1 Å². The van der Waals surface area contributed by atoms with Crippen LogP contribution in [0.15, 0.2) is 51.5 Å². The van der Waals surface area contributed by atoms with Crippen molar-refractivity contribution in [2.75, 3.05) is 0 Å². The number of nitro groups is 1. The van der Waals surface area contributed by atoms with Gasteiger partial charge in [0.05, 0.1) is 21.8 Å². The van der Waals surface area contributed by atoms with E-state index in [1.165, 1.54) is 12.1 Å². The fourth-order valence-corrected chi connectivity index (χ4v) is 2.08. The van der Waals surface area contributed by atoms with Crippen molar-refractivity contribution in [1.29, 1.82) is 0 Å². The summed E-state index contributed by atoms with van der Waals surface area (Å²) in [5, 5.41) is 14.6. The molecule has 0 N–H and O–H groups in total. The van der Waals surface area contributed by atoms with Gasteiger partial charge in [-0.1, -0.05) is 17.3 Å². The molecule has 0 amide bonds. The molecular weight excluding hydrogens is 288 g/mol. The SMILES string of the molecule is CC1=NOC(=O)/C1=C\c1ccc(-c2ccccc2[N+](=O)[O-])o1. The van der Waals surface area contributed by atoms with E-state index in [9.17, 15) is 14.9 Å². The van der Waals surface area contributed by atoms with Crippen molar-refractivity contribution in [3.05, 3.63) is 57.8 Å². The number of carbonyl (C=O) groups excluding carboxylic acids is 1. The Morgan fingerprint density at radius 2 is 2.00 bits per heavy atom. The van der Waals surface area contributed by atoms with Gasteiger partial charge in [0, 0.05) is 6.07 Å². The highest BCUT2D eigenvalue weighted by atomic mass is 16.7. The molecule has 7 nitrogen and oxygen atoms in total. The first-order valence-corrected chi connectivity index (χ1v) is 6.38. The Morgan fingerprint density at radius 3 is 2.68 bits per heavy atom. The summed E-state index contributed by atoms with van der Waals surface area (Å²) in [6.07, 6.45) is 1.49. The number of carbonyl (C=O) groups is 1. The van der Waals surface area contributed by atoms with Gasteiger partial charge in [-0.05, 0) is 31.2 Å². The van der Waals surface area contributed by atoms with Crippen LogP contribution < -0.4 is 0 Å². The van der Waals surface area contributed by atoms with Crippen molar-refractivity contribution in [1.82, 2.24) is 0 Å². The van der Waals surface area contributed by atoms with Crippen LogP contribution >= 0.6 is 0 Å². The highest BCUT2D eigenvalue weighted by molar-refractivity contribution is 6.24. The van der Waals surface area contributed by atoms with E-state index in [4.69, 9.17) is 4.42 Å². The molecule has 110 valence electrons. The Bertz CT molecular complexity index is 832. The first-order valence-electron chi connectivity index (χ1n) is 6.38. The molecule has 0 saturated heterocycles. The third kappa shape index (κ3) is 2.39. The van der Waals surface area contributed by atoms with Gasteiger partial charge >= 0.3 is 5.97 Å². The lowest BCUT2D eigenvalue weighted by molar-refractivity contribution is -0.384. The molecule has 3 rings (SSSR count). The van der Waals surface area contributed by atoms with E-state index in [2.05, 4.69) is 9.99 Å². The lowest BCUT2D eigenvalue weighted by Crippen LogP contribution is -2.01. The minimum Gasteiger partial charge on any atom is -0.456 e. The van der Waals surface area contributed by atoms with Gasteiger partial charge in [0.15, 0.2) is 0 Å². The molecule has 0 unspecified atom stereocenters. The molecule has 2 heterocycles. The average Bonchev–Trinajstić information content (AvgIpc) is 3.09. The zero-order chi connectivity index (χ0) is 15.7.